The van der Waals surface area contributed by atoms with E-state index in [4.69, 9.17) is 5.11 Å². The van der Waals surface area contributed by atoms with Gasteiger partial charge in [0.1, 0.15) is 15.7 Å². The number of anilines is 1. The van der Waals surface area contributed by atoms with Gasteiger partial charge in [-0.1, -0.05) is 0 Å². The molecule has 2 rings (SSSR count). The van der Waals surface area contributed by atoms with Crippen molar-refractivity contribution in [2.45, 2.75) is 13.5 Å². The van der Waals surface area contributed by atoms with Crippen LogP contribution < -0.4 is 5.32 Å². The van der Waals surface area contributed by atoms with E-state index in [9.17, 15) is 9.18 Å². The first-order valence-electron chi connectivity index (χ1n) is 5.25. The van der Waals surface area contributed by atoms with Crippen LogP contribution in [0.3, 0.4) is 0 Å². The summed E-state index contributed by atoms with van der Waals surface area (Å²) in [4.78, 5) is 15.3. The molecule has 18 heavy (non-hydrogen) atoms. The lowest BCUT2D eigenvalue weighted by Crippen LogP contribution is -1.98. The van der Waals surface area contributed by atoms with Crippen molar-refractivity contribution in [1.82, 2.24) is 4.98 Å². The number of aryl methyl sites for hydroxylation is 1. The number of carboxylic acids is 1. The fraction of sp³-hybridized carbons (Fsp3) is 0.167. The minimum absolute atomic E-state index is 0.255. The van der Waals surface area contributed by atoms with Crippen LogP contribution in [0, 0.1) is 12.7 Å². The highest BCUT2D eigenvalue weighted by Gasteiger charge is 2.13. The highest BCUT2D eigenvalue weighted by molar-refractivity contribution is 7.13. The van der Waals surface area contributed by atoms with Gasteiger partial charge in [-0.25, -0.2) is 14.2 Å². The molecule has 0 fully saturated rings. The molecule has 4 nitrogen and oxygen atoms in total. The Hall–Kier alpha value is -1.95. The molecule has 0 radical (unpaired) electrons. The molecule has 0 aliphatic carbocycles. The minimum Gasteiger partial charge on any atom is -0.477 e. The maximum atomic E-state index is 12.7. The van der Waals surface area contributed by atoms with Gasteiger partial charge in [0.05, 0.1) is 12.2 Å². The Morgan fingerprint density at radius 3 is 2.67 bits per heavy atom. The lowest BCUT2D eigenvalue weighted by atomic mass is 10.3. The van der Waals surface area contributed by atoms with E-state index < -0.39 is 5.97 Å². The molecule has 0 amide bonds. The van der Waals surface area contributed by atoms with Gasteiger partial charge in [-0.2, -0.15) is 0 Å². The van der Waals surface area contributed by atoms with Gasteiger partial charge in [-0.15, -0.1) is 11.3 Å². The topological polar surface area (TPSA) is 62.2 Å². The Kier molecular flexibility index (Phi) is 3.57. The average molecular weight is 266 g/mol. The van der Waals surface area contributed by atoms with Crippen molar-refractivity contribution in [2.24, 2.45) is 0 Å². The van der Waals surface area contributed by atoms with Crippen LogP contribution in [-0.4, -0.2) is 16.1 Å². The predicted octanol–water partition coefficient (Wildman–Crippen LogP) is 2.90. The van der Waals surface area contributed by atoms with E-state index in [0.29, 0.717) is 17.2 Å². The molecule has 94 valence electrons. The van der Waals surface area contributed by atoms with Gasteiger partial charge in [0.25, 0.3) is 0 Å². The Morgan fingerprint density at radius 2 is 2.11 bits per heavy atom. The number of thiazole rings is 1. The first-order chi connectivity index (χ1) is 8.56. The number of rotatable bonds is 4. The zero-order chi connectivity index (χ0) is 13.1. The smallest absolute Gasteiger partial charge is 0.347 e. The molecule has 1 aromatic carbocycles. The van der Waals surface area contributed by atoms with Gasteiger partial charge in [-0.05, 0) is 31.2 Å². The third-order valence-electron chi connectivity index (χ3n) is 2.32. The molecule has 2 N–H and O–H groups in total. The van der Waals surface area contributed by atoms with Crippen molar-refractivity contribution in [3.8, 4) is 0 Å². The normalized spacial score (nSPS) is 10.3. The molecule has 1 heterocycles. The van der Waals surface area contributed by atoms with Gasteiger partial charge in [-0.3, -0.25) is 0 Å². The molecule has 0 unspecified atom stereocenters. The van der Waals surface area contributed by atoms with E-state index in [-0.39, 0.29) is 10.7 Å². The average Bonchev–Trinajstić information content (AvgIpc) is 2.70. The quantitative estimate of drug-likeness (QED) is 0.893. The molecule has 0 bridgehead atoms. The lowest BCUT2D eigenvalue weighted by molar-refractivity contribution is 0.0701. The molecule has 0 saturated heterocycles. The molecule has 0 saturated carbocycles. The molecule has 2 aromatic rings. The molecule has 1 aromatic heterocycles. The number of carboxylic acid groups (broad SMARTS) is 1. The number of aromatic carboxylic acids is 1. The van der Waals surface area contributed by atoms with Gasteiger partial charge in [0.15, 0.2) is 0 Å². The number of nitrogens with one attached hydrogen (secondary N) is 1. The molecule has 0 atom stereocenters. The number of nitrogens with zero attached hydrogens (tertiary/aromatic N) is 1. The van der Waals surface area contributed by atoms with E-state index in [2.05, 4.69) is 10.3 Å². The molecule has 0 aliphatic heterocycles. The number of hydrogen-bond donors (Lipinski definition) is 2. The zero-order valence-corrected chi connectivity index (χ0v) is 10.4. The van der Waals surface area contributed by atoms with Crippen LogP contribution in [0.25, 0.3) is 0 Å². The monoisotopic (exact) mass is 266 g/mol. The van der Waals surface area contributed by atoms with Crippen LogP contribution in [-0.2, 0) is 6.54 Å². The van der Waals surface area contributed by atoms with Crippen LogP contribution >= 0.6 is 11.3 Å². The first kappa shape index (κ1) is 12.5. The molecular formula is C12H11FN2O2S. The minimum atomic E-state index is -0.960. The molecule has 0 aliphatic rings. The van der Waals surface area contributed by atoms with E-state index in [0.717, 1.165) is 17.0 Å². The predicted molar refractivity (Wildman–Crippen MR) is 67.5 cm³/mol. The van der Waals surface area contributed by atoms with Crippen molar-refractivity contribution in [2.75, 3.05) is 5.32 Å². The maximum Gasteiger partial charge on any atom is 0.347 e. The molecular weight excluding hydrogens is 255 g/mol. The number of aromatic nitrogens is 1. The Balaban J connectivity index is 2.04. The van der Waals surface area contributed by atoms with E-state index in [1.165, 1.54) is 12.1 Å². The SMILES string of the molecule is Cc1nc(CNc2ccc(F)cc2)sc1C(=O)O. The lowest BCUT2D eigenvalue weighted by Gasteiger charge is -2.03. The van der Waals surface area contributed by atoms with Gasteiger partial charge in [0.2, 0.25) is 0 Å². The van der Waals surface area contributed by atoms with Gasteiger partial charge < -0.3 is 10.4 Å². The van der Waals surface area contributed by atoms with Crippen molar-refractivity contribution in [3.05, 3.63) is 45.7 Å². The Morgan fingerprint density at radius 1 is 1.44 bits per heavy atom. The maximum absolute atomic E-state index is 12.7. The van der Waals surface area contributed by atoms with E-state index in [1.807, 2.05) is 0 Å². The second-order valence-corrected chi connectivity index (χ2v) is 4.77. The molecule has 0 spiro atoms. The third kappa shape index (κ3) is 2.84. The largest absolute Gasteiger partial charge is 0.477 e. The second-order valence-electron chi connectivity index (χ2n) is 3.69. The summed E-state index contributed by atoms with van der Waals surface area (Å²) < 4.78 is 12.7. The number of carbonyl (C=O) groups is 1. The van der Waals surface area contributed by atoms with E-state index in [1.54, 1.807) is 19.1 Å². The second kappa shape index (κ2) is 5.14. The standard InChI is InChI=1S/C12H11FN2O2S/c1-7-11(12(16)17)18-10(15-7)6-14-9-4-2-8(13)3-5-9/h2-5,14H,6H2,1H3,(H,16,17). The van der Waals surface area contributed by atoms with Crippen LogP contribution in [0.1, 0.15) is 20.4 Å². The van der Waals surface area contributed by atoms with Crippen molar-refractivity contribution in [1.29, 1.82) is 0 Å². The third-order valence-corrected chi connectivity index (χ3v) is 3.47. The summed E-state index contributed by atoms with van der Waals surface area (Å²) in [6.07, 6.45) is 0. The summed E-state index contributed by atoms with van der Waals surface area (Å²) in [5.41, 5.74) is 1.28. The van der Waals surface area contributed by atoms with Crippen molar-refractivity contribution >= 4 is 23.0 Å². The van der Waals surface area contributed by atoms with Gasteiger partial charge >= 0.3 is 5.97 Å². The summed E-state index contributed by atoms with van der Waals surface area (Å²) in [5, 5.41) is 12.6. The Labute approximate surface area is 107 Å². The summed E-state index contributed by atoms with van der Waals surface area (Å²) in [6.45, 7) is 2.09. The van der Waals surface area contributed by atoms with Crippen LogP contribution in [0.15, 0.2) is 24.3 Å². The summed E-state index contributed by atoms with van der Waals surface area (Å²) in [5.74, 6) is -1.25. The number of hydrogen-bond acceptors (Lipinski definition) is 4. The fourth-order valence-electron chi connectivity index (χ4n) is 1.47. The van der Waals surface area contributed by atoms with Crippen molar-refractivity contribution in [3.63, 3.8) is 0 Å². The summed E-state index contributed by atoms with van der Waals surface area (Å²) in [6, 6.07) is 5.96. The zero-order valence-electron chi connectivity index (χ0n) is 9.61. The van der Waals surface area contributed by atoms with E-state index >= 15 is 0 Å². The van der Waals surface area contributed by atoms with Crippen LogP contribution in [0.4, 0.5) is 10.1 Å². The van der Waals surface area contributed by atoms with Crippen molar-refractivity contribution < 1.29 is 14.3 Å². The number of halogens is 1. The van der Waals surface area contributed by atoms with Gasteiger partial charge in [0, 0.05) is 5.69 Å². The highest BCUT2D eigenvalue weighted by atomic mass is 32.1. The summed E-state index contributed by atoms with van der Waals surface area (Å²) in [7, 11) is 0. The number of benzene rings is 1. The molecule has 6 heteroatoms. The summed E-state index contributed by atoms with van der Waals surface area (Å²) >= 11 is 1.14. The van der Waals surface area contributed by atoms with Crippen LogP contribution in [0.2, 0.25) is 0 Å². The fourth-order valence-corrected chi connectivity index (χ4v) is 2.31. The van der Waals surface area contributed by atoms with Crippen LogP contribution in [0.5, 0.6) is 0 Å². The first-order valence-corrected chi connectivity index (χ1v) is 6.07. The highest BCUT2D eigenvalue weighted by Crippen LogP contribution is 2.19. The Bertz CT molecular complexity index is 566.